The van der Waals surface area contributed by atoms with E-state index in [1.807, 2.05) is 30.3 Å². The number of nitrogens with zero attached hydrogens (tertiary/aromatic N) is 2. The lowest BCUT2D eigenvalue weighted by Gasteiger charge is -2.05. The van der Waals surface area contributed by atoms with Crippen molar-refractivity contribution in [3.8, 4) is 11.6 Å². The molecule has 1 heterocycles. The maximum atomic E-state index is 5.19. The zero-order valence-electron chi connectivity index (χ0n) is 10.2. The molecule has 1 aromatic heterocycles. The fourth-order valence-electron chi connectivity index (χ4n) is 1.61. The fraction of sp³-hybridized carbons (Fsp3) is 0.231. The Labute approximate surface area is 114 Å². The molecule has 0 unspecified atom stereocenters. The van der Waals surface area contributed by atoms with Crippen LogP contribution in [0.1, 0.15) is 11.3 Å². The minimum atomic E-state index is 0.490. The van der Waals surface area contributed by atoms with Gasteiger partial charge in [-0.3, -0.25) is 0 Å². The first-order valence-electron chi connectivity index (χ1n) is 5.42. The van der Waals surface area contributed by atoms with Gasteiger partial charge in [-0.15, -0.1) is 5.10 Å². The largest absolute Gasteiger partial charge is 0.497 e. The number of rotatable bonds is 4. The summed E-state index contributed by atoms with van der Waals surface area (Å²) in [7, 11) is 3.22. The lowest BCUT2D eigenvalue weighted by atomic mass is 10.1. The van der Waals surface area contributed by atoms with Gasteiger partial charge in [-0.1, -0.05) is 12.1 Å². The van der Waals surface area contributed by atoms with Gasteiger partial charge in [0, 0.05) is 6.42 Å². The standard InChI is InChI=1S/C13H13BrN2O2/c1-17-11-5-3-4-9(7-11)6-10-8-12(14)13(18-2)16-15-10/h3-5,7-8H,6H2,1-2H3. The highest BCUT2D eigenvalue weighted by molar-refractivity contribution is 9.10. The van der Waals surface area contributed by atoms with Crippen LogP contribution in [0.2, 0.25) is 0 Å². The quantitative estimate of drug-likeness (QED) is 0.871. The van der Waals surface area contributed by atoms with Crippen molar-refractivity contribution in [1.29, 1.82) is 0 Å². The fourth-order valence-corrected chi connectivity index (χ4v) is 2.12. The third kappa shape index (κ3) is 2.98. The van der Waals surface area contributed by atoms with Crippen molar-refractivity contribution in [2.45, 2.75) is 6.42 Å². The molecule has 94 valence electrons. The molecular weight excluding hydrogens is 296 g/mol. The summed E-state index contributed by atoms with van der Waals surface area (Å²) < 4.78 is 11.0. The minimum absolute atomic E-state index is 0.490. The van der Waals surface area contributed by atoms with Crippen LogP contribution >= 0.6 is 15.9 Å². The lowest BCUT2D eigenvalue weighted by molar-refractivity contribution is 0.388. The molecule has 0 bridgehead atoms. The van der Waals surface area contributed by atoms with E-state index in [-0.39, 0.29) is 0 Å². The van der Waals surface area contributed by atoms with Crippen LogP contribution in [0.3, 0.4) is 0 Å². The highest BCUT2D eigenvalue weighted by Crippen LogP contribution is 2.22. The number of benzene rings is 1. The highest BCUT2D eigenvalue weighted by Gasteiger charge is 2.06. The van der Waals surface area contributed by atoms with Gasteiger partial charge in [-0.05, 0) is 39.7 Å². The smallest absolute Gasteiger partial charge is 0.247 e. The molecule has 18 heavy (non-hydrogen) atoms. The van der Waals surface area contributed by atoms with Crippen LogP contribution in [0.15, 0.2) is 34.8 Å². The second kappa shape index (κ2) is 5.82. The average Bonchev–Trinajstić information content (AvgIpc) is 2.39. The molecule has 0 saturated carbocycles. The number of methoxy groups -OCH3 is 2. The Bertz CT molecular complexity index is 546. The molecule has 2 rings (SSSR count). The molecular formula is C13H13BrN2O2. The summed E-state index contributed by atoms with van der Waals surface area (Å²) in [4.78, 5) is 0. The summed E-state index contributed by atoms with van der Waals surface area (Å²) in [6.45, 7) is 0. The summed E-state index contributed by atoms with van der Waals surface area (Å²) in [5.41, 5.74) is 2.00. The molecule has 0 spiro atoms. The number of ether oxygens (including phenoxy) is 2. The molecule has 0 saturated heterocycles. The van der Waals surface area contributed by atoms with Gasteiger partial charge in [0.2, 0.25) is 5.88 Å². The lowest BCUT2D eigenvalue weighted by Crippen LogP contribution is -1.98. The van der Waals surface area contributed by atoms with E-state index < -0.39 is 0 Å². The van der Waals surface area contributed by atoms with Gasteiger partial charge >= 0.3 is 0 Å². The van der Waals surface area contributed by atoms with Gasteiger partial charge in [0.25, 0.3) is 0 Å². The zero-order chi connectivity index (χ0) is 13.0. The summed E-state index contributed by atoms with van der Waals surface area (Å²) in [6, 6.07) is 9.80. The predicted molar refractivity (Wildman–Crippen MR) is 72.1 cm³/mol. The number of hydrogen-bond donors (Lipinski definition) is 0. The van der Waals surface area contributed by atoms with Crippen molar-refractivity contribution >= 4 is 15.9 Å². The molecule has 1 aromatic carbocycles. The van der Waals surface area contributed by atoms with E-state index in [2.05, 4.69) is 26.1 Å². The SMILES string of the molecule is COc1cccc(Cc2cc(Br)c(OC)nn2)c1. The van der Waals surface area contributed by atoms with E-state index in [9.17, 15) is 0 Å². The Morgan fingerprint density at radius 3 is 2.61 bits per heavy atom. The Balaban J connectivity index is 2.20. The molecule has 2 aromatic rings. The van der Waals surface area contributed by atoms with Crippen molar-refractivity contribution in [2.24, 2.45) is 0 Å². The van der Waals surface area contributed by atoms with E-state index in [4.69, 9.17) is 9.47 Å². The van der Waals surface area contributed by atoms with Gasteiger partial charge in [-0.2, -0.15) is 5.10 Å². The third-order valence-corrected chi connectivity index (χ3v) is 3.05. The van der Waals surface area contributed by atoms with Gasteiger partial charge in [-0.25, -0.2) is 0 Å². The van der Waals surface area contributed by atoms with Crippen molar-refractivity contribution < 1.29 is 9.47 Å². The maximum absolute atomic E-state index is 5.19. The number of aromatic nitrogens is 2. The molecule has 0 aliphatic carbocycles. The minimum Gasteiger partial charge on any atom is -0.497 e. The van der Waals surface area contributed by atoms with Crippen LogP contribution < -0.4 is 9.47 Å². The third-order valence-electron chi connectivity index (χ3n) is 2.48. The van der Waals surface area contributed by atoms with Crippen LogP contribution in [0.4, 0.5) is 0 Å². The van der Waals surface area contributed by atoms with Crippen molar-refractivity contribution in [3.63, 3.8) is 0 Å². The van der Waals surface area contributed by atoms with Crippen LogP contribution in [0.25, 0.3) is 0 Å². The molecule has 0 aliphatic heterocycles. The number of hydrogen-bond acceptors (Lipinski definition) is 4. The van der Waals surface area contributed by atoms with E-state index in [0.29, 0.717) is 12.3 Å². The van der Waals surface area contributed by atoms with Crippen molar-refractivity contribution in [2.75, 3.05) is 14.2 Å². The first-order valence-corrected chi connectivity index (χ1v) is 6.21. The van der Waals surface area contributed by atoms with Gasteiger partial charge in [0.15, 0.2) is 0 Å². The van der Waals surface area contributed by atoms with E-state index in [0.717, 1.165) is 21.5 Å². The van der Waals surface area contributed by atoms with Crippen LogP contribution in [0.5, 0.6) is 11.6 Å². The summed E-state index contributed by atoms with van der Waals surface area (Å²) >= 11 is 3.40. The molecule has 0 radical (unpaired) electrons. The van der Waals surface area contributed by atoms with Gasteiger partial charge < -0.3 is 9.47 Å². The topological polar surface area (TPSA) is 44.2 Å². The molecule has 0 atom stereocenters. The molecule has 0 fully saturated rings. The molecule has 4 nitrogen and oxygen atoms in total. The second-order valence-corrected chi connectivity index (χ2v) is 4.58. The normalized spacial score (nSPS) is 10.2. The average molecular weight is 309 g/mol. The van der Waals surface area contributed by atoms with Crippen LogP contribution in [-0.4, -0.2) is 24.4 Å². The molecule has 5 heteroatoms. The molecule has 0 amide bonds. The second-order valence-electron chi connectivity index (χ2n) is 3.72. The van der Waals surface area contributed by atoms with Gasteiger partial charge in [0.1, 0.15) is 5.75 Å². The van der Waals surface area contributed by atoms with Crippen LogP contribution in [-0.2, 0) is 6.42 Å². The number of halogens is 1. The molecule has 0 N–H and O–H groups in total. The monoisotopic (exact) mass is 308 g/mol. The summed E-state index contributed by atoms with van der Waals surface area (Å²) in [6.07, 6.45) is 0.701. The van der Waals surface area contributed by atoms with Crippen molar-refractivity contribution in [3.05, 3.63) is 46.1 Å². The van der Waals surface area contributed by atoms with E-state index >= 15 is 0 Å². The van der Waals surface area contributed by atoms with Gasteiger partial charge in [0.05, 0.1) is 24.4 Å². The zero-order valence-corrected chi connectivity index (χ0v) is 11.8. The summed E-state index contributed by atoms with van der Waals surface area (Å²) in [5.74, 6) is 1.33. The Hall–Kier alpha value is -1.62. The first-order chi connectivity index (χ1) is 8.72. The summed E-state index contributed by atoms with van der Waals surface area (Å²) in [5, 5.41) is 8.10. The van der Waals surface area contributed by atoms with Crippen molar-refractivity contribution in [1.82, 2.24) is 10.2 Å². The van der Waals surface area contributed by atoms with E-state index in [1.165, 1.54) is 0 Å². The maximum Gasteiger partial charge on any atom is 0.247 e. The Morgan fingerprint density at radius 2 is 1.94 bits per heavy atom. The first kappa shape index (κ1) is 12.8. The van der Waals surface area contributed by atoms with Crippen LogP contribution in [0, 0.1) is 0 Å². The van der Waals surface area contributed by atoms with E-state index in [1.54, 1.807) is 14.2 Å². The Morgan fingerprint density at radius 1 is 1.11 bits per heavy atom. The highest BCUT2D eigenvalue weighted by atomic mass is 79.9. The predicted octanol–water partition coefficient (Wildman–Crippen LogP) is 2.85. The molecule has 0 aliphatic rings. The Kier molecular flexibility index (Phi) is 4.15.